The van der Waals surface area contributed by atoms with Crippen LogP contribution in [0.5, 0.6) is 0 Å². The Bertz CT molecular complexity index is 600. The Morgan fingerprint density at radius 1 is 1.65 bits per heavy atom. The number of benzene rings is 1. The van der Waals surface area contributed by atoms with Crippen LogP contribution in [0.4, 0.5) is 9.93 Å². The SMILES string of the molecule is CCOC(=O)Nc1nc2ccc(C#N)cc2s1. The summed E-state index contributed by atoms with van der Waals surface area (Å²) >= 11 is 1.31. The first-order valence-corrected chi connectivity index (χ1v) is 5.79. The van der Waals surface area contributed by atoms with Gasteiger partial charge in [-0.3, -0.25) is 5.32 Å². The standard InChI is InChI=1S/C11H9N3O2S/c1-2-16-11(15)14-10-13-8-4-3-7(6-12)5-9(8)17-10/h3-5H,2H2,1H3,(H,13,14,15). The first-order chi connectivity index (χ1) is 8.22. The van der Waals surface area contributed by atoms with E-state index in [0.717, 1.165) is 10.2 Å². The van der Waals surface area contributed by atoms with E-state index in [2.05, 4.69) is 16.4 Å². The second-order valence-electron chi connectivity index (χ2n) is 3.16. The topological polar surface area (TPSA) is 75.0 Å². The van der Waals surface area contributed by atoms with Gasteiger partial charge >= 0.3 is 6.09 Å². The number of aromatic nitrogens is 1. The van der Waals surface area contributed by atoms with Crippen LogP contribution in [-0.2, 0) is 4.74 Å². The van der Waals surface area contributed by atoms with Crippen LogP contribution < -0.4 is 5.32 Å². The number of hydrogen-bond acceptors (Lipinski definition) is 5. The van der Waals surface area contributed by atoms with Crippen molar-refractivity contribution in [1.82, 2.24) is 4.98 Å². The van der Waals surface area contributed by atoms with E-state index < -0.39 is 6.09 Å². The second kappa shape index (κ2) is 4.80. The van der Waals surface area contributed by atoms with Crippen molar-refractivity contribution in [3.63, 3.8) is 0 Å². The Balaban J connectivity index is 2.26. The molecule has 2 aromatic rings. The zero-order chi connectivity index (χ0) is 12.3. The first-order valence-electron chi connectivity index (χ1n) is 4.97. The van der Waals surface area contributed by atoms with Crippen molar-refractivity contribution in [3.8, 4) is 6.07 Å². The molecule has 17 heavy (non-hydrogen) atoms. The molecule has 5 nitrogen and oxygen atoms in total. The normalized spacial score (nSPS) is 9.88. The third-order valence-corrected chi connectivity index (χ3v) is 2.94. The molecule has 0 bridgehead atoms. The van der Waals surface area contributed by atoms with Crippen LogP contribution in [0.25, 0.3) is 10.2 Å². The molecule has 1 heterocycles. The van der Waals surface area contributed by atoms with Crippen molar-refractivity contribution in [3.05, 3.63) is 23.8 Å². The van der Waals surface area contributed by atoms with Crippen molar-refractivity contribution >= 4 is 32.8 Å². The number of hydrogen-bond donors (Lipinski definition) is 1. The molecule has 0 aliphatic carbocycles. The van der Waals surface area contributed by atoms with Gasteiger partial charge in [-0.25, -0.2) is 9.78 Å². The molecule has 1 amide bonds. The minimum Gasteiger partial charge on any atom is -0.450 e. The van der Waals surface area contributed by atoms with E-state index in [1.54, 1.807) is 25.1 Å². The van der Waals surface area contributed by atoms with Crippen molar-refractivity contribution in [2.75, 3.05) is 11.9 Å². The molecular weight excluding hydrogens is 238 g/mol. The number of nitriles is 1. The van der Waals surface area contributed by atoms with E-state index >= 15 is 0 Å². The molecule has 0 spiro atoms. The molecule has 0 radical (unpaired) electrons. The van der Waals surface area contributed by atoms with Crippen LogP contribution in [0.3, 0.4) is 0 Å². The van der Waals surface area contributed by atoms with Crippen molar-refractivity contribution < 1.29 is 9.53 Å². The van der Waals surface area contributed by atoms with Crippen molar-refractivity contribution in [2.45, 2.75) is 6.92 Å². The van der Waals surface area contributed by atoms with Gasteiger partial charge in [-0.1, -0.05) is 11.3 Å². The third kappa shape index (κ3) is 2.52. The maximum absolute atomic E-state index is 11.2. The summed E-state index contributed by atoms with van der Waals surface area (Å²) in [6.07, 6.45) is -0.521. The predicted molar refractivity (Wildman–Crippen MR) is 65.0 cm³/mol. The quantitative estimate of drug-likeness (QED) is 0.885. The molecule has 2 rings (SSSR count). The molecule has 1 aromatic carbocycles. The molecule has 0 fully saturated rings. The Labute approximate surface area is 102 Å². The van der Waals surface area contributed by atoms with Crippen LogP contribution in [0.2, 0.25) is 0 Å². The molecule has 86 valence electrons. The largest absolute Gasteiger partial charge is 0.450 e. The minimum absolute atomic E-state index is 0.315. The Morgan fingerprint density at radius 3 is 3.18 bits per heavy atom. The molecule has 0 saturated heterocycles. The summed E-state index contributed by atoms with van der Waals surface area (Å²) in [6, 6.07) is 7.24. The smallest absolute Gasteiger partial charge is 0.413 e. The number of carbonyl (C=O) groups is 1. The number of ether oxygens (including phenoxy) is 1. The van der Waals surface area contributed by atoms with Gasteiger partial charge in [0.1, 0.15) is 0 Å². The number of nitrogens with zero attached hydrogens (tertiary/aromatic N) is 2. The summed E-state index contributed by atoms with van der Waals surface area (Å²) in [5.41, 5.74) is 1.32. The zero-order valence-corrected chi connectivity index (χ0v) is 9.87. The van der Waals surface area contributed by atoms with E-state index in [0.29, 0.717) is 17.3 Å². The first kappa shape index (κ1) is 11.4. The van der Waals surface area contributed by atoms with Gasteiger partial charge < -0.3 is 4.74 Å². The molecule has 1 aromatic heterocycles. The van der Waals surface area contributed by atoms with E-state index in [-0.39, 0.29) is 0 Å². The highest BCUT2D eigenvalue weighted by molar-refractivity contribution is 7.22. The lowest BCUT2D eigenvalue weighted by Crippen LogP contribution is -2.12. The van der Waals surface area contributed by atoms with Gasteiger partial charge in [0.2, 0.25) is 0 Å². The van der Waals surface area contributed by atoms with E-state index in [9.17, 15) is 4.79 Å². The summed E-state index contributed by atoms with van der Waals surface area (Å²) < 4.78 is 5.61. The number of anilines is 1. The minimum atomic E-state index is -0.521. The third-order valence-electron chi connectivity index (χ3n) is 2.00. The van der Waals surface area contributed by atoms with E-state index in [1.165, 1.54) is 11.3 Å². The number of fused-ring (bicyclic) bond motifs is 1. The highest BCUT2D eigenvalue weighted by atomic mass is 32.1. The Kier molecular flexibility index (Phi) is 3.21. The van der Waals surface area contributed by atoms with Gasteiger partial charge in [0, 0.05) is 0 Å². The van der Waals surface area contributed by atoms with Gasteiger partial charge in [-0.2, -0.15) is 5.26 Å². The maximum Gasteiger partial charge on any atom is 0.413 e. The van der Waals surface area contributed by atoms with Gasteiger partial charge in [0.05, 0.1) is 28.5 Å². The van der Waals surface area contributed by atoms with Gasteiger partial charge in [-0.05, 0) is 25.1 Å². The molecule has 0 saturated carbocycles. The van der Waals surface area contributed by atoms with Crippen LogP contribution in [0, 0.1) is 11.3 Å². The molecule has 1 N–H and O–H groups in total. The van der Waals surface area contributed by atoms with Gasteiger partial charge in [0.15, 0.2) is 5.13 Å². The summed E-state index contributed by atoms with van der Waals surface area (Å²) in [7, 11) is 0. The van der Waals surface area contributed by atoms with Gasteiger partial charge in [0.25, 0.3) is 0 Å². The van der Waals surface area contributed by atoms with Crippen LogP contribution >= 0.6 is 11.3 Å². The van der Waals surface area contributed by atoms with Crippen LogP contribution in [-0.4, -0.2) is 17.7 Å². The fourth-order valence-electron chi connectivity index (χ4n) is 1.30. The van der Waals surface area contributed by atoms with Crippen molar-refractivity contribution in [1.29, 1.82) is 5.26 Å². The predicted octanol–water partition coefficient (Wildman–Crippen LogP) is 2.74. The van der Waals surface area contributed by atoms with Gasteiger partial charge in [-0.15, -0.1) is 0 Å². The molecule has 0 atom stereocenters. The number of nitrogens with one attached hydrogen (secondary N) is 1. The summed E-state index contributed by atoms with van der Waals surface area (Å²) in [5.74, 6) is 0. The molecule has 0 unspecified atom stereocenters. The summed E-state index contributed by atoms with van der Waals surface area (Å²) in [5, 5.41) is 11.8. The summed E-state index contributed by atoms with van der Waals surface area (Å²) in [6.45, 7) is 2.05. The number of thiazole rings is 1. The number of rotatable bonds is 2. The van der Waals surface area contributed by atoms with E-state index in [1.807, 2.05) is 0 Å². The number of amides is 1. The molecular formula is C11H9N3O2S. The Morgan fingerprint density at radius 2 is 2.47 bits per heavy atom. The highest BCUT2D eigenvalue weighted by Gasteiger charge is 2.08. The fourth-order valence-corrected chi connectivity index (χ4v) is 2.19. The second-order valence-corrected chi connectivity index (χ2v) is 4.19. The monoisotopic (exact) mass is 247 g/mol. The highest BCUT2D eigenvalue weighted by Crippen LogP contribution is 2.26. The molecule has 6 heteroatoms. The average Bonchev–Trinajstić information content (AvgIpc) is 2.69. The lowest BCUT2D eigenvalue weighted by molar-refractivity contribution is 0.168. The van der Waals surface area contributed by atoms with Crippen LogP contribution in [0.1, 0.15) is 12.5 Å². The molecule has 0 aliphatic rings. The fraction of sp³-hybridized carbons (Fsp3) is 0.182. The lowest BCUT2D eigenvalue weighted by Gasteiger charge is -1.99. The number of carbonyl (C=O) groups excluding carboxylic acids is 1. The Hall–Kier alpha value is -2.13. The molecule has 0 aliphatic heterocycles. The van der Waals surface area contributed by atoms with Crippen molar-refractivity contribution in [2.24, 2.45) is 0 Å². The zero-order valence-electron chi connectivity index (χ0n) is 9.06. The maximum atomic E-state index is 11.2. The average molecular weight is 247 g/mol. The summed E-state index contributed by atoms with van der Waals surface area (Å²) in [4.78, 5) is 15.4. The lowest BCUT2D eigenvalue weighted by atomic mass is 10.2. The van der Waals surface area contributed by atoms with E-state index in [4.69, 9.17) is 10.00 Å². The van der Waals surface area contributed by atoms with Crippen LogP contribution in [0.15, 0.2) is 18.2 Å².